The Morgan fingerprint density at radius 1 is 1.30 bits per heavy atom. The normalized spacial score (nSPS) is 14.9. The molecule has 20 heavy (non-hydrogen) atoms. The zero-order chi connectivity index (χ0) is 15.5. The fourth-order valence-corrected chi connectivity index (χ4v) is 1.13. The Balaban J connectivity index is 5.34. The van der Waals surface area contributed by atoms with Crippen molar-refractivity contribution in [1.29, 1.82) is 0 Å². The van der Waals surface area contributed by atoms with Gasteiger partial charge in [0.05, 0.1) is 6.61 Å². The van der Waals surface area contributed by atoms with Crippen molar-refractivity contribution in [2.75, 3.05) is 13.2 Å². The predicted octanol–water partition coefficient (Wildman–Crippen LogP) is 4.28. The maximum Gasteiger partial charge on any atom is 0.194 e. The molecule has 0 rings (SSSR count). The summed E-state index contributed by atoms with van der Waals surface area (Å²) in [6.45, 7) is 7.00. The predicted molar refractivity (Wildman–Crippen MR) is 73.0 cm³/mol. The fraction of sp³-hybridized carbons (Fsp3) is 0.267. The van der Waals surface area contributed by atoms with E-state index in [-0.39, 0.29) is 17.8 Å². The van der Waals surface area contributed by atoms with E-state index in [9.17, 15) is 18.0 Å². The van der Waals surface area contributed by atoms with Crippen LogP contribution in [0, 0.1) is 0 Å². The van der Waals surface area contributed by atoms with E-state index >= 15 is 0 Å². The average molecular weight is 286 g/mol. The quantitative estimate of drug-likeness (QED) is 0.288. The van der Waals surface area contributed by atoms with Gasteiger partial charge in [-0.1, -0.05) is 18.7 Å². The number of halogens is 3. The molecule has 0 amide bonds. The van der Waals surface area contributed by atoms with Crippen molar-refractivity contribution in [1.82, 2.24) is 0 Å². The van der Waals surface area contributed by atoms with E-state index in [2.05, 4.69) is 6.58 Å². The molecule has 0 saturated heterocycles. The molecule has 110 valence electrons. The van der Waals surface area contributed by atoms with Gasteiger partial charge >= 0.3 is 0 Å². The molecule has 2 nitrogen and oxygen atoms in total. The lowest BCUT2D eigenvalue weighted by Gasteiger charge is -2.00. The first-order valence-corrected chi connectivity index (χ1v) is 5.93. The summed E-state index contributed by atoms with van der Waals surface area (Å²) < 4.78 is 44.6. The van der Waals surface area contributed by atoms with Crippen molar-refractivity contribution in [3.05, 3.63) is 59.5 Å². The molecular formula is C15H17F3O2. The highest BCUT2D eigenvalue weighted by Crippen LogP contribution is 2.22. The maximum atomic E-state index is 13.5. The SMILES string of the molecule is C=C\C(F)=C(F)/C(F)=C/C(/C=C\COCC)=C(/C)C=O. The molecular weight excluding hydrogens is 269 g/mol. The van der Waals surface area contributed by atoms with Crippen molar-refractivity contribution in [2.45, 2.75) is 13.8 Å². The summed E-state index contributed by atoms with van der Waals surface area (Å²) in [5, 5.41) is 0. The van der Waals surface area contributed by atoms with Crippen LogP contribution in [0.5, 0.6) is 0 Å². The number of carbonyl (C=O) groups is 1. The summed E-state index contributed by atoms with van der Waals surface area (Å²) in [7, 11) is 0. The van der Waals surface area contributed by atoms with Crippen molar-refractivity contribution in [3.8, 4) is 0 Å². The summed E-state index contributed by atoms with van der Waals surface area (Å²) in [6, 6.07) is 0. The van der Waals surface area contributed by atoms with Gasteiger partial charge in [0.15, 0.2) is 17.5 Å². The Morgan fingerprint density at radius 3 is 2.45 bits per heavy atom. The van der Waals surface area contributed by atoms with Crippen LogP contribution in [0.3, 0.4) is 0 Å². The van der Waals surface area contributed by atoms with Gasteiger partial charge in [-0.3, -0.25) is 4.79 Å². The number of hydrogen-bond donors (Lipinski definition) is 0. The van der Waals surface area contributed by atoms with E-state index in [0.29, 0.717) is 19.0 Å². The molecule has 0 radical (unpaired) electrons. The molecule has 0 aliphatic carbocycles. The van der Waals surface area contributed by atoms with Gasteiger partial charge in [-0.2, -0.15) is 0 Å². The van der Waals surface area contributed by atoms with E-state index in [1.807, 2.05) is 0 Å². The molecule has 5 heteroatoms. The Hall–Kier alpha value is -1.88. The molecule has 0 aromatic carbocycles. The largest absolute Gasteiger partial charge is 0.378 e. The summed E-state index contributed by atoms with van der Waals surface area (Å²) in [4.78, 5) is 10.7. The molecule has 0 N–H and O–H groups in total. The minimum absolute atomic E-state index is 0.129. The van der Waals surface area contributed by atoms with E-state index in [1.54, 1.807) is 13.0 Å². The van der Waals surface area contributed by atoms with Gasteiger partial charge in [0, 0.05) is 6.61 Å². The highest BCUT2D eigenvalue weighted by atomic mass is 19.2. The van der Waals surface area contributed by atoms with E-state index < -0.39 is 17.5 Å². The van der Waals surface area contributed by atoms with Crippen LogP contribution < -0.4 is 0 Å². The van der Waals surface area contributed by atoms with Crippen LogP contribution in [-0.2, 0) is 9.53 Å². The topological polar surface area (TPSA) is 26.3 Å². The molecule has 0 unspecified atom stereocenters. The molecule has 0 spiro atoms. The van der Waals surface area contributed by atoms with Crippen LogP contribution in [-0.4, -0.2) is 19.5 Å². The summed E-state index contributed by atoms with van der Waals surface area (Å²) in [5.41, 5.74) is 0.309. The zero-order valence-corrected chi connectivity index (χ0v) is 11.5. The molecule has 0 aromatic heterocycles. The molecule has 0 fully saturated rings. The smallest absolute Gasteiger partial charge is 0.194 e. The summed E-state index contributed by atoms with van der Waals surface area (Å²) in [6.07, 6.45) is 4.74. The lowest BCUT2D eigenvalue weighted by atomic mass is 10.1. The molecule has 0 aliphatic rings. The van der Waals surface area contributed by atoms with E-state index in [4.69, 9.17) is 4.74 Å². The van der Waals surface area contributed by atoms with Gasteiger partial charge in [-0.05, 0) is 37.1 Å². The van der Waals surface area contributed by atoms with Crippen LogP contribution in [0.2, 0.25) is 0 Å². The van der Waals surface area contributed by atoms with Crippen molar-refractivity contribution >= 4 is 6.29 Å². The monoisotopic (exact) mass is 286 g/mol. The lowest BCUT2D eigenvalue weighted by molar-refractivity contribution is -0.104. The number of allylic oxidation sites excluding steroid dienone is 8. The van der Waals surface area contributed by atoms with Gasteiger partial charge in [0.1, 0.15) is 6.29 Å². The Labute approximate surface area is 116 Å². The first-order valence-electron chi connectivity index (χ1n) is 5.93. The van der Waals surface area contributed by atoms with Crippen molar-refractivity contribution in [2.24, 2.45) is 0 Å². The minimum Gasteiger partial charge on any atom is -0.378 e. The highest BCUT2D eigenvalue weighted by molar-refractivity contribution is 5.76. The number of aldehydes is 1. The molecule has 0 atom stereocenters. The molecule has 0 bridgehead atoms. The summed E-state index contributed by atoms with van der Waals surface area (Å²) in [5.74, 6) is -4.48. The average Bonchev–Trinajstić information content (AvgIpc) is 2.47. The lowest BCUT2D eigenvalue weighted by Crippen LogP contribution is -1.91. The summed E-state index contributed by atoms with van der Waals surface area (Å²) >= 11 is 0. The Morgan fingerprint density at radius 2 is 1.95 bits per heavy atom. The van der Waals surface area contributed by atoms with Gasteiger partial charge < -0.3 is 4.74 Å². The third-order valence-electron chi connectivity index (χ3n) is 2.23. The van der Waals surface area contributed by atoms with E-state index in [0.717, 1.165) is 6.08 Å². The standard InChI is InChI=1S/C15H17F3O2/c1-4-13(16)15(18)14(17)9-12(11(3)10-19)7-6-8-20-5-2/h4,6-7,9-10H,1,5,8H2,2-3H3/b7-6-,12-11-,14-9-,15-13-. The van der Waals surface area contributed by atoms with Gasteiger partial charge in [-0.15, -0.1) is 0 Å². The van der Waals surface area contributed by atoms with Crippen molar-refractivity contribution in [3.63, 3.8) is 0 Å². The number of rotatable bonds is 8. The first-order chi connectivity index (χ1) is 9.47. The third-order valence-corrected chi connectivity index (χ3v) is 2.23. The van der Waals surface area contributed by atoms with Gasteiger partial charge in [-0.25, -0.2) is 13.2 Å². The van der Waals surface area contributed by atoms with Crippen LogP contribution in [0.15, 0.2) is 59.5 Å². The second-order valence-electron chi connectivity index (χ2n) is 3.68. The molecule has 0 aromatic rings. The number of ether oxygens (including phenoxy) is 1. The van der Waals surface area contributed by atoms with Crippen molar-refractivity contribution < 1.29 is 22.7 Å². The molecule has 0 heterocycles. The second kappa shape index (κ2) is 9.97. The number of hydrogen-bond acceptors (Lipinski definition) is 2. The Bertz CT molecular complexity index is 472. The van der Waals surface area contributed by atoms with E-state index in [1.165, 1.54) is 13.0 Å². The molecule has 0 aliphatic heterocycles. The fourth-order valence-electron chi connectivity index (χ4n) is 1.13. The van der Waals surface area contributed by atoms with Crippen LogP contribution in [0.4, 0.5) is 13.2 Å². The van der Waals surface area contributed by atoms with Gasteiger partial charge in [0.2, 0.25) is 0 Å². The van der Waals surface area contributed by atoms with Gasteiger partial charge in [0.25, 0.3) is 0 Å². The minimum atomic E-state index is -1.66. The third kappa shape index (κ3) is 6.33. The second-order valence-corrected chi connectivity index (χ2v) is 3.68. The number of carbonyl (C=O) groups excluding carboxylic acids is 1. The molecule has 0 saturated carbocycles. The van der Waals surface area contributed by atoms with Crippen LogP contribution in [0.25, 0.3) is 0 Å². The maximum absolute atomic E-state index is 13.5. The first kappa shape index (κ1) is 18.1. The van der Waals surface area contributed by atoms with Crippen LogP contribution >= 0.6 is 0 Å². The zero-order valence-electron chi connectivity index (χ0n) is 11.5. The van der Waals surface area contributed by atoms with Crippen LogP contribution in [0.1, 0.15) is 13.8 Å². The Kier molecular flexibility index (Phi) is 9.04. The highest BCUT2D eigenvalue weighted by Gasteiger charge is 2.10.